The van der Waals surface area contributed by atoms with E-state index in [9.17, 15) is 18.0 Å². The van der Waals surface area contributed by atoms with E-state index in [1.54, 1.807) is 22.1 Å². The van der Waals surface area contributed by atoms with Gasteiger partial charge in [-0.05, 0) is 48.8 Å². The highest BCUT2D eigenvalue weighted by molar-refractivity contribution is 7.94. The fourth-order valence-corrected chi connectivity index (χ4v) is 7.36. The van der Waals surface area contributed by atoms with Crippen LogP contribution in [0.5, 0.6) is 0 Å². The van der Waals surface area contributed by atoms with Crippen LogP contribution in [0.3, 0.4) is 0 Å². The fourth-order valence-electron chi connectivity index (χ4n) is 5.31. The van der Waals surface area contributed by atoms with Gasteiger partial charge < -0.3 is 14.8 Å². The van der Waals surface area contributed by atoms with Crippen LogP contribution >= 0.6 is 11.3 Å². The van der Waals surface area contributed by atoms with Crippen molar-refractivity contribution in [3.63, 3.8) is 0 Å². The predicted molar refractivity (Wildman–Crippen MR) is 124 cm³/mol. The van der Waals surface area contributed by atoms with Crippen LogP contribution in [0.25, 0.3) is 0 Å². The molecular weight excluding hydrogens is 448 g/mol. The Labute approximate surface area is 191 Å². The van der Waals surface area contributed by atoms with Gasteiger partial charge in [0.15, 0.2) is 0 Å². The van der Waals surface area contributed by atoms with Crippen molar-refractivity contribution in [3.05, 3.63) is 45.7 Å². The van der Waals surface area contributed by atoms with Crippen molar-refractivity contribution in [2.75, 3.05) is 17.8 Å². The summed E-state index contributed by atoms with van der Waals surface area (Å²) in [6.45, 7) is 1.69. The third kappa shape index (κ3) is 4.17. The summed E-state index contributed by atoms with van der Waals surface area (Å²) >= 11 is 1.11. The second-order valence-electron chi connectivity index (χ2n) is 9.11. The van der Waals surface area contributed by atoms with Crippen molar-refractivity contribution in [1.29, 1.82) is 0 Å². The number of nitrogens with one attached hydrogen (secondary N) is 2. The van der Waals surface area contributed by atoms with Crippen LogP contribution in [0.1, 0.15) is 50.1 Å². The van der Waals surface area contributed by atoms with Crippen LogP contribution in [0.4, 0.5) is 10.5 Å². The van der Waals surface area contributed by atoms with E-state index in [-0.39, 0.29) is 39.4 Å². The number of thiophene rings is 1. The molecule has 172 valence electrons. The maximum absolute atomic E-state index is 13.1. The summed E-state index contributed by atoms with van der Waals surface area (Å²) in [6, 6.07) is 6.84. The number of likely N-dealkylation sites (tertiary alicyclic amines) is 1. The second kappa shape index (κ2) is 8.55. The van der Waals surface area contributed by atoms with Crippen LogP contribution in [-0.4, -0.2) is 43.0 Å². The second-order valence-corrected chi connectivity index (χ2v) is 12.0. The van der Waals surface area contributed by atoms with E-state index >= 15 is 0 Å². The van der Waals surface area contributed by atoms with Gasteiger partial charge in [0.25, 0.3) is 15.6 Å². The Morgan fingerprint density at radius 3 is 2.62 bits per heavy atom. The lowest BCUT2D eigenvalue weighted by Gasteiger charge is -2.43. The maximum atomic E-state index is 13.1. The quantitative estimate of drug-likeness (QED) is 0.708. The van der Waals surface area contributed by atoms with Gasteiger partial charge in [-0.1, -0.05) is 25.3 Å². The number of carbonyl (C=O) groups is 1. The molecule has 2 atom stereocenters. The minimum absolute atomic E-state index is 0.00252. The largest absolute Gasteiger partial charge is 0.335 e. The lowest BCUT2D eigenvalue weighted by atomic mass is 9.83. The number of nitrogens with zero attached hydrogens (tertiary/aromatic N) is 2. The van der Waals surface area contributed by atoms with Gasteiger partial charge in [-0.15, -0.1) is 11.3 Å². The first-order valence-corrected chi connectivity index (χ1v) is 13.6. The molecule has 2 fully saturated rings. The monoisotopic (exact) mass is 476 g/mol. The molecule has 0 spiro atoms. The van der Waals surface area contributed by atoms with E-state index in [0.29, 0.717) is 19.6 Å². The molecule has 3 aliphatic rings. The van der Waals surface area contributed by atoms with Crippen LogP contribution < -0.4 is 15.6 Å². The average Bonchev–Trinajstić information content (AvgIpc) is 3.33. The van der Waals surface area contributed by atoms with Gasteiger partial charge in [-0.3, -0.25) is 9.52 Å². The first kappa shape index (κ1) is 21.5. The molecule has 2 bridgehead atoms. The van der Waals surface area contributed by atoms with Crippen LogP contribution in [0, 0.1) is 5.92 Å². The van der Waals surface area contributed by atoms with Crippen molar-refractivity contribution in [2.24, 2.45) is 5.92 Å². The summed E-state index contributed by atoms with van der Waals surface area (Å²) in [6.07, 6.45) is 6.63. The Morgan fingerprint density at radius 1 is 1.06 bits per heavy atom. The molecule has 0 aromatic carbocycles. The number of hydrogen-bond acceptors (Lipinski definition) is 5. The summed E-state index contributed by atoms with van der Waals surface area (Å²) < 4.78 is 29.4. The molecule has 5 rings (SSSR count). The number of sulfonamides is 1. The van der Waals surface area contributed by atoms with Crippen molar-refractivity contribution < 1.29 is 13.2 Å². The molecule has 2 aliphatic heterocycles. The molecule has 2 aromatic rings. The van der Waals surface area contributed by atoms with Crippen LogP contribution in [-0.2, 0) is 16.6 Å². The van der Waals surface area contributed by atoms with Crippen molar-refractivity contribution in [3.8, 4) is 0 Å². The number of pyridine rings is 1. The topological polar surface area (TPSA) is 101 Å². The number of fused-ring (bicyclic) bond motifs is 4. The van der Waals surface area contributed by atoms with E-state index in [4.69, 9.17) is 0 Å². The van der Waals surface area contributed by atoms with Gasteiger partial charge in [-0.25, -0.2) is 13.2 Å². The van der Waals surface area contributed by atoms with E-state index in [1.807, 2.05) is 11.0 Å². The van der Waals surface area contributed by atoms with Gasteiger partial charge in [-0.2, -0.15) is 0 Å². The first-order valence-electron chi connectivity index (χ1n) is 11.3. The molecule has 0 unspecified atom stereocenters. The van der Waals surface area contributed by atoms with E-state index in [0.717, 1.165) is 36.3 Å². The number of rotatable bonds is 4. The lowest BCUT2D eigenvalue weighted by molar-refractivity contribution is 0.127. The van der Waals surface area contributed by atoms with Crippen molar-refractivity contribution >= 4 is 33.1 Å². The van der Waals surface area contributed by atoms with Gasteiger partial charge in [0, 0.05) is 37.3 Å². The number of piperidine rings is 1. The molecule has 1 saturated heterocycles. The molecule has 10 heteroatoms. The Kier molecular flexibility index (Phi) is 5.75. The van der Waals surface area contributed by atoms with Crippen LogP contribution in [0.2, 0.25) is 0 Å². The molecule has 4 heterocycles. The number of anilines is 1. The molecule has 2 aromatic heterocycles. The standard InChI is InChI=1S/C22H28N4O4S2/c27-21-18(24-32(29,30)20-7-4-10-31-20)8-9-19-16-11-15(13-26(19)21)12-25(14-16)22(28)23-17-5-2-1-3-6-17/h4,7-10,15-17,24H,1-3,5-6,11-14H2,(H,23,28)/t15-,16-/m1/s1. The zero-order chi connectivity index (χ0) is 22.3. The first-order chi connectivity index (χ1) is 15.4. The molecule has 2 N–H and O–H groups in total. The third-order valence-electron chi connectivity index (χ3n) is 6.83. The zero-order valence-corrected chi connectivity index (χ0v) is 19.5. The highest BCUT2D eigenvalue weighted by Gasteiger charge is 2.37. The van der Waals surface area contributed by atoms with Gasteiger partial charge in [0.05, 0.1) is 0 Å². The molecule has 1 saturated carbocycles. The van der Waals surface area contributed by atoms with Gasteiger partial charge in [0.1, 0.15) is 9.90 Å². The van der Waals surface area contributed by atoms with E-state index < -0.39 is 10.0 Å². The summed E-state index contributed by atoms with van der Waals surface area (Å²) in [5.74, 6) is 0.260. The number of aromatic nitrogens is 1. The lowest BCUT2D eigenvalue weighted by Crippen LogP contribution is -2.53. The Morgan fingerprint density at radius 2 is 1.88 bits per heavy atom. The summed E-state index contributed by atoms with van der Waals surface area (Å²) in [5, 5.41) is 4.89. The highest BCUT2D eigenvalue weighted by Crippen LogP contribution is 2.35. The molecule has 1 aliphatic carbocycles. The fraction of sp³-hybridized carbons (Fsp3) is 0.545. The van der Waals surface area contributed by atoms with Crippen LogP contribution in [0.15, 0.2) is 38.6 Å². The molecule has 0 radical (unpaired) electrons. The highest BCUT2D eigenvalue weighted by atomic mass is 32.2. The van der Waals surface area contributed by atoms with Crippen molar-refractivity contribution in [2.45, 2.75) is 61.2 Å². The third-order valence-corrected chi connectivity index (χ3v) is 9.59. The number of hydrogen-bond donors (Lipinski definition) is 2. The minimum Gasteiger partial charge on any atom is -0.335 e. The Balaban J connectivity index is 1.33. The minimum atomic E-state index is -3.78. The molecule has 8 nitrogen and oxygen atoms in total. The van der Waals surface area contributed by atoms with Gasteiger partial charge >= 0.3 is 6.03 Å². The normalized spacial score (nSPS) is 23.4. The Hall–Kier alpha value is -2.33. The zero-order valence-electron chi connectivity index (χ0n) is 17.8. The maximum Gasteiger partial charge on any atom is 0.317 e. The summed E-state index contributed by atoms with van der Waals surface area (Å²) in [4.78, 5) is 27.9. The molecular formula is C22H28N4O4S2. The SMILES string of the molecule is O=C(NC1CCCCC1)N1C[C@H]2C[C@H](C1)c1ccc(NS(=O)(=O)c3cccs3)c(=O)n1C2. The van der Waals surface area contributed by atoms with Crippen molar-refractivity contribution in [1.82, 2.24) is 14.8 Å². The number of urea groups is 1. The molecule has 32 heavy (non-hydrogen) atoms. The molecule has 2 amide bonds. The predicted octanol–water partition coefficient (Wildman–Crippen LogP) is 3.17. The summed E-state index contributed by atoms with van der Waals surface area (Å²) in [7, 11) is -3.78. The Bertz CT molecular complexity index is 1150. The van der Waals surface area contributed by atoms with E-state index in [1.165, 1.54) is 25.3 Å². The number of amides is 2. The van der Waals surface area contributed by atoms with Gasteiger partial charge in [0.2, 0.25) is 0 Å². The van der Waals surface area contributed by atoms with E-state index in [2.05, 4.69) is 10.0 Å². The average molecular weight is 477 g/mol. The smallest absolute Gasteiger partial charge is 0.317 e. The summed E-state index contributed by atoms with van der Waals surface area (Å²) in [5.41, 5.74) is 0.618. The number of carbonyl (C=O) groups excluding carboxylic acids is 1.